The second-order valence-electron chi connectivity index (χ2n) is 5.73. The van der Waals surface area contributed by atoms with Crippen molar-refractivity contribution in [3.05, 3.63) is 52.4 Å². The van der Waals surface area contributed by atoms with Crippen LogP contribution < -0.4 is 5.56 Å². The Morgan fingerprint density at radius 1 is 1.17 bits per heavy atom. The summed E-state index contributed by atoms with van der Waals surface area (Å²) in [5.74, 6) is 0.792. The molecule has 0 amide bonds. The second-order valence-corrected chi connectivity index (χ2v) is 5.73. The van der Waals surface area contributed by atoms with Gasteiger partial charge in [0.25, 0.3) is 5.56 Å². The molecule has 7 heteroatoms. The fourth-order valence-corrected chi connectivity index (χ4v) is 2.60. The van der Waals surface area contributed by atoms with Crippen LogP contribution in [0.2, 0.25) is 0 Å². The number of H-pyrrole nitrogens is 1. The number of nitrogens with one attached hydrogen (secondary N) is 1. The van der Waals surface area contributed by atoms with E-state index >= 15 is 0 Å². The summed E-state index contributed by atoms with van der Waals surface area (Å²) in [6.45, 7) is 4.20. The Hall–Kier alpha value is -3.09. The lowest BCUT2D eigenvalue weighted by Gasteiger charge is -2.08. The van der Waals surface area contributed by atoms with Gasteiger partial charge in [-0.1, -0.05) is 19.9 Å². The first kappa shape index (κ1) is 13.6. The third-order valence-corrected chi connectivity index (χ3v) is 3.90. The van der Waals surface area contributed by atoms with Gasteiger partial charge in [-0.15, -0.1) is 10.2 Å². The van der Waals surface area contributed by atoms with Crippen LogP contribution in [0.25, 0.3) is 27.9 Å². The van der Waals surface area contributed by atoms with Crippen LogP contribution in [0.1, 0.15) is 25.3 Å². The molecule has 0 aliphatic heterocycles. The van der Waals surface area contributed by atoms with E-state index in [1.165, 1.54) is 4.40 Å². The quantitative estimate of drug-likeness (QED) is 0.573. The molecule has 114 valence electrons. The molecule has 23 heavy (non-hydrogen) atoms. The number of nitrogens with zero attached hydrogens (tertiary/aromatic N) is 5. The maximum Gasteiger partial charge on any atom is 0.265 e. The average Bonchev–Trinajstić information content (AvgIpc) is 3.09. The van der Waals surface area contributed by atoms with E-state index in [0.29, 0.717) is 33.9 Å². The van der Waals surface area contributed by atoms with E-state index in [0.717, 1.165) is 5.56 Å². The van der Waals surface area contributed by atoms with Crippen molar-refractivity contribution in [1.82, 2.24) is 30.0 Å². The minimum absolute atomic E-state index is 0.0992. The van der Waals surface area contributed by atoms with E-state index in [2.05, 4.69) is 39.5 Å². The molecule has 0 saturated heterocycles. The zero-order chi connectivity index (χ0) is 16.0. The van der Waals surface area contributed by atoms with Gasteiger partial charge in [0.2, 0.25) is 5.82 Å². The highest BCUT2D eigenvalue weighted by atomic mass is 16.1. The molecule has 0 bridgehead atoms. The molecule has 0 saturated carbocycles. The molecule has 0 aliphatic carbocycles. The lowest BCUT2D eigenvalue weighted by molar-refractivity contribution is 0.868. The number of hydrogen-bond acceptors (Lipinski definition) is 5. The van der Waals surface area contributed by atoms with E-state index in [4.69, 9.17) is 0 Å². The summed E-state index contributed by atoms with van der Waals surface area (Å²) in [4.78, 5) is 17.4. The van der Waals surface area contributed by atoms with Gasteiger partial charge in [-0.3, -0.25) is 9.20 Å². The first-order valence-electron chi connectivity index (χ1n) is 7.33. The smallest absolute Gasteiger partial charge is 0.265 e. The minimum atomic E-state index is -0.0992. The molecule has 4 aromatic rings. The average molecular weight is 306 g/mol. The Morgan fingerprint density at radius 3 is 2.78 bits per heavy atom. The van der Waals surface area contributed by atoms with Crippen LogP contribution in [-0.2, 0) is 0 Å². The molecule has 3 heterocycles. The third-order valence-electron chi connectivity index (χ3n) is 3.90. The van der Waals surface area contributed by atoms with Gasteiger partial charge in [-0.25, -0.2) is 4.98 Å². The van der Waals surface area contributed by atoms with Crippen molar-refractivity contribution >= 4 is 16.6 Å². The van der Waals surface area contributed by atoms with Gasteiger partial charge in [0, 0.05) is 11.8 Å². The van der Waals surface area contributed by atoms with Crippen LogP contribution in [0.3, 0.4) is 0 Å². The normalized spacial score (nSPS) is 11.6. The topological polar surface area (TPSA) is 88.8 Å². The van der Waals surface area contributed by atoms with Crippen molar-refractivity contribution in [2.45, 2.75) is 19.8 Å². The predicted molar refractivity (Wildman–Crippen MR) is 86.2 cm³/mol. The number of pyridine rings is 1. The summed E-state index contributed by atoms with van der Waals surface area (Å²) in [7, 11) is 0. The molecule has 1 N–H and O–H groups in total. The van der Waals surface area contributed by atoms with E-state index in [9.17, 15) is 4.79 Å². The van der Waals surface area contributed by atoms with Gasteiger partial charge in [0.15, 0.2) is 0 Å². The van der Waals surface area contributed by atoms with Crippen LogP contribution >= 0.6 is 0 Å². The second kappa shape index (κ2) is 4.98. The van der Waals surface area contributed by atoms with Crippen LogP contribution in [0.4, 0.5) is 0 Å². The van der Waals surface area contributed by atoms with Crippen molar-refractivity contribution in [1.29, 1.82) is 0 Å². The lowest BCUT2D eigenvalue weighted by atomic mass is 10.0. The zero-order valence-electron chi connectivity index (χ0n) is 12.7. The number of fused-ring (bicyclic) bond motifs is 2. The number of aromatic nitrogens is 6. The first-order chi connectivity index (χ1) is 11.1. The van der Waals surface area contributed by atoms with E-state index < -0.39 is 0 Å². The first-order valence-corrected chi connectivity index (χ1v) is 7.33. The largest absolute Gasteiger partial charge is 0.268 e. The molecule has 0 spiro atoms. The van der Waals surface area contributed by atoms with Crippen LogP contribution in [0.15, 0.2) is 41.3 Å². The molecule has 7 nitrogen and oxygen atoms in total. The Kier molecular flexibility index (Phi) is 2.94. The third kappa shape index (κ3) is 2.17. The van der Waals surface area contributed by atoms with E-state index in [1.807, 2.05) is 24.3 Å². The monoisotopic (exact) mass is 306 g/mol. The van der Waals surface area contributed by atoms with Gasteiger partial charge in [-0.05, 0) is 41.0 Å². The molecule has 4 rings (SSSR count). The highest BCUT2D eigenvalue weighted by Crippen LogP contribution is 2.20. The van der Waals surface area contributed by atoms with E-state index in [1.54, 1.807) is 12.3 Å². The molecule has 3 aromatic heterocycles. The SMILES string of the molecule is CC(C)c1ccc2nc3ccc(-c4nn[nH]n4)cn3c(=O)c2c1. The van der Waals surface area contributed by atoms with Crippen molar-refractivity contribution < 1.29 is 0 Å². The lowest BCUT2D eigenvalue weighted by Crippen LogP contribution is -2.15. The zero-order valence-corrected chi connectivity index (χ0v) is 12.7. The molecule has 0 fully saturated rings. The van der Waals surface area contributed by atoms with Crippen molar-refractivity contribution in [2.75, 3.05) is 0 Å². The maximum atomic E-state index is 12.8. The molecule has 0 unspecified atom stereocenters. The van der Waals surface area contributed by atoms with E-state index in [-0.39, 0.29) is 5.56 Å². The van der Waals surface area contributed by atoms with Gasteiger partial charge in [0.1, 0.15) is 5.65 Å². The molecule has 1 aromatic carbocycles. The Labute approximate surface area is 131 Å². The van der Waals surface area contributed by atoms with Crippen molar-refractivity contribution in [3.8, 4) is 11.4 Å². The predicted octanol–water partition coefficient (Wildman–Crippen LogP) is 2.15. The minimum Gasteiger partial charge on any atom is -0.268 e. The van der Waals surface area contributed by atoms with Crippen LogP contribution in [0.5, 0.6) is 0 Å². The summed E-state index contributed by atoms with van der Waals surface area (Å²) >= 11 is 0. The Balaban J connectivity index is 2.02. The van der Waals surface area contributed by atoms with Gasteiger partial charge in [0.05, 0.1) is 10.9 Å². The Morgan fingerprint density at radius 2 is 2.04 bits per heavy atom. The summed E-state index contributed by atoms with van der Waals surface area (Å²) in [5.41, 5.74) is 3.01. The number of tetrazole rings is 1. The van der Waals surface area contributed by atoms with Gasteiger partial charge >= 0.3 is 0 Å². The molecule has 0 radical (unpaired) electrons. The van der Waals surface area contributed by atoms with Crippen molar-refractivity contribution in [3.63, 3.8) is 0 Å². The summed E-state index contributed by atoms with van der Waals surface area (Å²) in [6, 6.07) is 9.44. The summed E-state index contributed by atoms with van der Waals surface area (Å²) < 4.78 is 1.53. The van der Waals surface area contributed by atoms with Crippen LogP contribution in [-0.4, -0.2) is 30.0 Å². The van der Waals surface area contributed by atoms with Gasteiger partial charge < -0.3 is 0 Å². The highest BCUT2D eigenvalue weighted by molar-refractivity contribution is 5.80. The standard InChI is InChI=1S/C16H14N6O/c1-9(2)10-3-5-13-12(7-10)16(23)22-8-11(4-6-14(22)17-13)15-18-20-21-19-15/h3-9H,1-2H3,(H,18,19,20,21). The fraction of sp³-hybridized carbons (Fsp3) is 0.188. The Bertz CT molecular complexity index is 1070. The molecule has 0 atom stereocenters. The molecular weight excluding hydrogens is 292 g/mol. The molecule has 0 aliphatic rings. The number of hydrogen-bond donors (Lipinski definition) is 1. The van der Waals surface area contributed by atoms with Crippen molar-refractivity contribution in [2.24, 2.45) is 0 Å². The van der Waals surface area contributed by atoms with Gasteiger partial charge in [-0.2, -0.15) is 5.21 Å². The fourth-order valence-electron chi connectivity index (χ4n) is 2.60. The summed E-state index contributed by atoms with van der Waals surface area (Å²) in [6.07, 6.45) is 1.69. The van der Waals surface area contributed by atoms with Crippen LogP contribution in [0, 0.1) is 0 Å². The summed E-state index contributed by atoms with van der Waals surface area (Å²) in [5, 5.41) is 14.4. The molecular formula is C16H14N6O. The highest BCUT2D eigenvalue weighted by Gasteiger charge is 2.10. The number of aromatic amines is 1. The number of rotatable bonds is 2. The maximum absolute atomic E-state index is 12.8. The number of benzene rings is 1.